The van der Waals surface area contributed by atoms with Gasteiger partial charge in [-0.25, -0.2) is 0 Å². The molecule has 0 aliphatic heterocycles. The molecule has 100 valence electrons. The summed E-state index contributed by atoms with van der Waals surface area (Å²) in [7, 11) is 0. The van der Waals surface area contributed by atoms with Gasteiger partial charge in [0.15, 0.2) is 5.78 Å². The summed E-state index contributed by atoms with van der Waals surface area (Å²) in [4.78, 5) is 12.2. The summed E-state index contributed by atoms with van der Waals surface area (Å²) in [5.74, 6) is -0.603. The molecule has 0 fully saturated rings. The SMILES string of the molecule is N#Cc1ccccc1C(=O)c1cccc(C(F)(F)F)c1. The van der Waals surface area contributed by atoms with Gasteiger partial charge in [-0.3, -0.25) is 4.79 Å². The molecule has 0 aliphatic carbocycles. The van der Waals surface area contributed by atoms with Gasteiger partial charge in [0.2, 0.25) is 0 Å². The second kappa shape index (κ2) is 5.17. The lowest BCUT2D eigenvalue weighted by Crippen LogP contribution is -2.09. The maximum absolute atomic E-state index is 12.6. The van der Waals surface area contributed by atoms with Crippen LogP contribution in [0.4, 0.5) is 13.2 Å². The standard InChI is InChI=1S/C15H8F3NO/c16-15(17,18)12-6-3-5-10(8-12)14(20)13-7-2-1-4-11(13)9-19/h1-8H. The first-order valence-electron chi connectivity index (χ1n) is 5.64. The first-order valence-corrected chi connectivity index (χ1v) is 5.64. The van der Waals surface area contributed by atoms with Crippen LogP contribution in [0.15, 0.2) is 48.5 Å². The van der Waals surface area contributed by atoms with Crippen molar-refractivity contribution in [3.05, 3.63) is 70.8 Å². The molecule has 0 unspecified atom stereocenters. The number of benzene rings is 2. The van der Waals surface area contributed by atoms with Crippen LogP contribution in [0.1, 0.15) is 27.0 Å². The summed E-state index contributed by atoms with van der Waals surface area (Å²) >= 11 is 0. The molecule has 5 heteroatoms. The number of hydrogen-bond acceptors (Lipinski definition) is 2. The monoisotopic (exact) mass is 275 g/mol. The Bertz CT molecular complexity index is 699. The quantitative estimate of drug-likeness (QED) is 0.782. The van der Waals surface area contributed by atoms with Crippen molar-refractivity contribution in [3.63, 3.8) is 0 Å². The molecule has 0 N–H and O–H groups in total. The molecule has 2 nitrogen and oxygen atoms in total. The Morgan fingerprint density at radius 3 is 2.40 bits per heavy atom. The van der Waals surface area contributed by atoms with Crippen molar-refractivity contribution in [2.45, 2.75) is 6.18 Å². The van der Waals surface area contributed by atoms with Crippen LogP contribution in [0.2, 0.25) is 0 Å². The zero-order valence-electron chi connectivity index (χ0n) is 10.1. The van der Waals surface area contributed by atoms with Gasteiger partial charge in [0.1, 0.15) is 0 Å². The van der Waals surface area contributed by atoms with Crippen molar-refractivity contribution in [2.75, 3.05) is 0 Å². The third-order valence-corrected chi connectivity index (χ3v) is 2.74. The number of nitriles is 1. The van der Waals surface area contributed by atoms with E-state index in [2.05, 4.69) is 0 Å². The average molecular weight is 275 g/mol. The smallest absolute Gasteiger partial charge is 0.289 e. The summed E-state index contributed by atoms with van der Waals surface area (Å²) < 4.78 is 37.8. The van der Waals surface area contributed by atoms with E-state index in [0.717, 1.165) is 12.1 Å². The van der Waals surface area contributed by atoms with Gasteiger partial charge >= 0.3 is 6.18 Å². The van der Waals surface area contributed by atoms with Crippen molar-refractivity contribution in [1.29, 1.82) is 5.26 Å². The molecule has 0 heterocycles. The second-order valence-electron chi connectivity index (χ2n) is 4.07. The fraction of sp³-hybridized carbons (Fsp3) is 0.0667. The van der Waals surface area contributed by atoms with Crippen molar-refractivity contribution >= 4 is 5.78 Å². The summed E-state index contributed by atoms with van der Waals surface area (Å²) in [6, 6.07) is 12.0. The Balaban J connectivity index is 2.47. The Hall–Kier alpha value is -2.61. The number of carbonyl (C=O) groups excluding carboxylic acids is 1. The number of halogens is 3. The highest BCUT2D eigenvalue weighted by molar-refractivity contribution is 6.10. The number of alkyl halides is 3. The normalized spacial score (nSPS) is 10.9. The molecule has 0 spiro atoms. The van der Waals surface area contributed by atoms with Crippen LogP contribution in [0.25, 0.3) is 0 Å². The van der Waals surface area contributed by atoms with Crippen molar-refractivity contribution in [1.82, 2.24) is 0 Å². The summed E-state index contributed by atoms with van der Waals surface area (Å²) in [6.07, 6.45) is -4.51. The predicted molar refractivity (Wildman–Crippen MR) is 66.0 cm³/mol. The molecular weight excluding hydrogens is 267 g/mol. The van der Waals surface area contributed by atoms with E-state index < -0.39 is 17.5 Å². The van der Waals surface area contributed by atoms with E-state index in [1.54, 1.807) is 12.1 Å². The van der Waals surface area contributed by atoms with Gasteiger partial charge in [0, 0.05) is 11.1 Å². The van der Waals surface area contributed by atoms with E-state index in [0.29, 0.717) is 0 Å². The molecule has 0 amide bonds. The van der Waals surface area contributed by atoms with Crippen molar-refractivity contribution in [2.24, 2.45) is 0 Å². The van der Waals surface area contributed by atoms with Gasteiger partial charge in [0.05, 0.1) is 17.2 Å². The molecule has 0 saturated heterocycles. The molecule has 20 heavy (non-hydrogen) atoms. The molecule has 0 saturated carbocycles. The fourth-order valence-electron chi connectivity index (χ4n) is 1.77. The van der Waals surface area contributed by atoms with E-state index in [1.165, 1.54) is 24.3 Å². The number of rotatable bonds is 2. The van der Waals surface area contributed by atoms with Crippen molar-refractivity contribution in [3.8, 4) is 6.07 Å². The van der Waals surface area contributed by atoms with Crippen LogP contribution in [-0.4, -0.2) is 5.78 Å². The van der Waals surface area contributed by atoms with Gasteiger partial charge in [0.25, 0.3) is 0 Å². The summed E-state index contributed by atoms with van der Waals surface area (Å²) in [5.41, 5.74) is -0.760. The zero-order valence-corrected chi connectivity index (χ0v) is 10.1. The molecule has 2 aromatic carbocycles. The molecule has 0 radical (unpaired) electrons. The minimum absolute atomic E-state index is 0.0920. The van der Waals surface area contributed by atoms with E-state index in [4.69, 9.17) is 5.26 Å². The number of carbonyl (C=O) groups is 1. The topological polar surface area (TPSA) is 40.9 Å². The summed E-state index contributed by atoms with van der Waals surface area (Å²) in [5, 5.41) is 8.92. The second-order valence-corrected chi connectivity index (χ2v) is 4.07. The van der Waals surface area contributed by atoms with Crippen LogP contribution < -0.4 is 0 Å². The average Bonchev–Trinajstić information content (AvgIpc) is 2.45. The number of nitrogens with zero attached hydrogens (tertiary/aromatic N) is 1. The molecular formula is C15H8F3NO. The van der Waals surface area contributed by atoms with Crippen LogP contribution in [0.5, 0.6) is 0 Å². The Morgan fingerprint density at radius 2 is 1.75 bits per heavy atom. The molecule has 2 aromatic rings. The number of ketones is 1. The van der Waals surface area contributed by atoms with Crippen LogP contribution >= 0.6 is 0 Å². The van der Waals surface area contributed by atoms with E-state index in [-0.39, 0.29) is 16.7 Å². The first kappa shape index (κ1) is 13.8. The Morgan fingerprint density at radius 1 is 1.05 bits per heavy atom. The van der Waals surface area contributed by atoms with Crippen LogP contribution in [-0.2, 0) is 6.18 Å². The third-order valence-electron chi connectivity index (χ3n) is 2.74. The van der Waals surface area contributed by atoms with Crippen LogP contribution in [0.3, 0.4) is 0 Å². The van der Waals surface area contributed by atoms with Gasteiger partial charge in [-0.05, 0) is 24.3 Å². The third kappa shape index (κ3) is 2.69. The minimum atomic E-state index is -4.51. The Kier molecular flexibility index (Phi) is 3.57. The minimum Gasteiger partial charge on any atom is -0.289 e. The predicted octanol–water partition coefficient (Wildman–Crippen LogP) is 3.81. The largest absolute Gasteiger partial charge is 0.416 e. The number of hydrogen-bond donors (Lipinski definition) is 0. The maximum Gasteiger partial charge on any atom is 0.416 e. The first-order chi connectivity index (χ1) is 9.43. The molecule has 2 rings (SSSR count). The summed E-state index contributed by atoms with van der Waals surface area (Å²) in [6.45, 7) is 0. The molecule has 0 aromatic heterocycles. The lowest BCUT2D eigenvalue weighted by molar-refractivity contribution is -0.137. The fourth-order valence-corrected chi connectivity index (χ4v) is 1.77. The molecule has 0 atom stereocenters. The highest BCUT2D eigenvalue weighted by atomic mass is 19.4. The van der Waals surface area contributed by atoms with Gasteiger partial charge < -0.3 is 0 Å². The maximum atomic E-state index is 12.6. The van der Waals surface area contributed by atoms with E-state index in [1.807, 2.05) is 6.07 Å². The van der Waals surface area contributed by atoms with Gasteiger partial charge in [-0.2, -0.15) is 18.4 Å². The molecule has 0 bridgehead atoms. The highest BCUT2D eigenvalue weighted by Crippen LogP contribution is 2.30. The zero-order chi connectivity index (χ0) is 14.8. The van der Waals surface area contributed by atoms with Gasteiger partial charge in [-0.15, -0.1) is 0 Å². The lowest BCUT2D eigenvalue weighted by Gasteiger charge is -2.08. The lowest BCUT2D eigenvalue weighted by atomic mass is 9.98. The van der Waals surface area contributed by atoms with Crippen LogP contribution in [0, 0.1) is 11.3 Å². The Labute approximate surface area is 113 Å². The van der Waals surface area contributed by atoms with E-state index >= 15 is 0 Å². The molecule has 0 aliphatic rings. The van der Waals surface area contributed by atoms with Crippen molar-refractivity contribution < 1.29 is 18.0 Å². The van der Waals surface area contributed by atoms with Gasteiger partial charge in [-0.1, -0.05) is 24.3 Å². The van der Waals surface area contributed by atoms with E-state index in [9.17, 15) is 18.0 Å². The highest BCUT2D eigenvalue weighted by Gasteiger charge is 2.31.